The molecule has 2 aromatic carbocycles. The van der Waals surface area contributed by atoms with Gasteiger partial charge in [-0.1, -0.05) is 6.07 Å². The molecule has 31 heavy (non-hydrogen) atoms. The number of aryl methyl sites for hydroxylation is 1. The molecule has 166 valence electrons. The van der Waals surface area contributed by atoms with Crippen LogP contribution in [0.4, 0.5) is 18.9 Å². The molecule has 0 bridgehead atoms. The lowest BCUT2D eigenvalue weighted by Crippen LogP contribution is -2.33. The van der Waals surface area contributed by atoms with Crippen molar-refractivity contribution in [2.24, 2.45) is 0 Å². The van der Waals surface area contributed by atoms with Crippen LogP contribution in [-0.4, -0.2) is 31.4 Å². The number of rotatable bonds is 7. The number of halogens is 3. The quantitative estimate of drug-likeness (QED) is 0.594. The van der Waals surface area contributed by atoms with Crippen LogP contribution in [0, 0.1) is 18.3 Å². The van der Waals surface area contributed by atoms with Gasteiger partial charge in [-0.15, -0.1) is 0 Å². The van der Waals surface area contributed by atoms with Crippen molar-refractivity contribution in [2.75, 3.05) is 31.2 Å². The summed E-state index contributed by atoms with van der Waals surface area (Å²) in [4.78, 5) is 1.96. The first-order valence-electron chi connectivity index (χ1n) is 10.5. The molecule has 7 heteroatoms. The van der Waals surface area contributed by atoms with Gasteiger partial charge in [-0.25, -0.2) is 0 Å². The molecule has 0 unspecified atom stereocenters. The number of nitrogens with zero attached hydrogens (tertiary/aromatic N) is 2. The minimum Gasteiger partial charge on any atom is -0.494 e. The summed E-state index contributed by atoms with van der Waals surface area (Å²) in [6.07, 6.45) is -1.32. The smallest absolute Gasteiger partial charge is 0.417 e. The van der Waals surface area contributed by atoms with E-state index in [2.05, 4.69) is 13.0 Å². The number of anilines is 1. The maximum absolute atomic E-state index is 13.3. The van der Waals surface area contributed by atoms with Gasteiger partial charge in [-0.2, -0.15) is 18.4 Å². The molecule has 0 aliphatic carbocycles. The van der Waals surface area contributed by atoms with Crippen LogP contribution in [0.5, 0.6) is 5.75 Å². The van der Waals surface area contributed by atoms with Gasteiger partial charge in [0, 0.05) is 25.4 Å². The third-order valence-electron chi connectivity index (χ3n) is 5.79. The molecule has 0 atom stereocenters. The Balaban J connectivity index is 1.64. The van der Waals surface area contributed by atoms with E-state index >= 15 is 0 Å². The number of alkyl halides is 3. The molecule has 1 N–H and O–H groups in total. The molecule has 1 aliphatic heterocycles. The van der Waals surface area contributed by atoms with E-state index in [0.29, 0.717) is 31.3 Å². The van der Waals surface area contributed by atoms with Crippen LogP contribution < -0.4 is 9.64 Å². The largest absolute Gasteiger partial charge is 0.494 e. The zero-order valence-electron chi connectivity index (χ0n) is 17.6. The van der Waals surface area contributed by atoms with Gasteiger partial charge in [0.05, 0.1) is 23.8 Å². The van der Waals surface area contributed by atoms with E-state index < -0.39 is 11.7 Å². The average Bonchev–Trinajstić information content (AvgIpc) is 2.76. The molecule has 2 aromatic rings. The topological polar surface area (TPSA) is 56.5 Å². The van der Waals surface area contributed by atoms with E-state index in [4.69, 9.17) is 15.1 Å². The van der Waals surface area contributed by atoms with Crippen molar-refractivity contribution in [1.29, 1.82) is 5.26 Å². The zero-order chi connectivity index (χ0) is 22.4. The maximum atomic E-state index is 13.3. The van der Waals surface area contributed by atoms with Crippen molar-refractivity contribution in [3.63, 3.8) is 0 Å². The number of hydrogen-bond donors (Lipinski definition) is 1. The molecule has 0 spiro atoms. The lowest BCUT2D eigenvalue weighted by molar-refractivity contribution is -0.137. The number of unbranched alkanes of at least 4 members (excludes halogenated alkanes) is 1. The molecular formula is C24H27F3N2O2. The fourth-order valence-electron chi connectivity index (χ4n) is 4.11. The van der Waals surface area contributed by atoms with Crippen LogP contribution in [0.15, 0.2) is 36.4 Å². The van der Waals surface area contributed by atoms with Gasteiger partial charge in [0.2, 0.25) is 0 Å². The molecule has 1 heterocycles. The molecule has 1 saturated heterocycles. The fourth-order valence-corrected chi connectivity index (χ4v) is 4.11. The molecule has 0 amide bonds. The lowest BCUT2D eigenvalue weighted by atomic mass is 9.86. The summed E-state index contributed by atoms with van der Waals surface area (Å²) < 4.78 is 45.5. The highest BCUT2D eigenvalue weighted by Crippen LogP contribution is 2.37. The second kappa shape index (κ2) is 10.1. The first-order valence-corrected chi connectivity index (χ1v) is 10.5. The number of benzene rings is 2. The average molecular weight is 432 g/mol. The number of piperidine rings is 1. The molecule has 4 nitrogen and oxygen atoms in total. The van der Waals surface area contributed by atoms with Crippen LogP contribution >= 0.6 is 0 Å². The van der Waals surface area contributed by atoms with Gasteiger partial charge in [-0.3, -0.25) is 0 Å². The lowest BCUT2D eigenvalue weighted by Gasteiger charge is -2.34. The highest BCUT2D eigenvalue weighted by atomic mass is 19.4. The van der Waals surface area contributed by atoms with Gasteiger partial charge in [0.1, 0.15) is 5.75 Å². The van der Waals surface area contributed by atoms with E-state index in [9.17, 15) is 13.2 Å². The fraction of sp³-hybridized carbons (Fsp3) is 0.458. The normalized spacial score (nSPS) is 15.0. The Kier molecular flexibility index (Phi) is 7.45. The number of nitriles is 1. The predicted molar refractivity (Wildman–Crippen MR) is 113 cm³/mol. The Hall–Kier alpha value is -2.72. The Morgan fingerprint density at radius 2 is 1.87 bits per heavy atom. The predicted octanol–water partition coefficient (Wildman–Crippen LogP) is 5.42. The summed E-state index contributed by atoms with van der Waals surface area (Å²) in [6.45, 7) is 4.11. The first-order chi connectivity index (χ1) is 14.8. The maximum Gasteiger partial charge on any atom is 0.417 e. The van der Waals surface area contributed by atoms with Crippen LogP contribution in [0.2, 0.25) is 0 Å². The summed E-state index contributed by atoms with van der Waals surface area (Å²) in [5.41, 5.74) is 1.68. The van der Waals surface area contributed by atoms with E-state index in [1.807, 2.05) is 17.0 Å². The molecular weight excluding hydrogens is 405 g/mol. The SMILES string of the molecule is Cc1cc(OCCCCO)ccc1C1CCN(c2ccc(C#N)c(C(F)(F)F)c2)CC1. The third kappa shape index (κ3) is 5.71. The van der Waals surface area contributed by atoms with Gasteiger partial charge >= 0.3 is 6.18 Å². The summed E-state index contributed by atoms with van der Waals surface area (Å²) in [5.74, 6) is 1.16. The van der Waals surface area contributed by atoms with E-state index in [0.717, 1.165) is 43.1 Å². The summed E-state index contributed by atoms with van der Waals surface area (Å²) >= 11 is 0. The first kappa shape index (κ1) is 23.0. The van der Waals surface area contributed by atoms with E-state index in [1.54, 1.807) is 12.1 Å². The van der Waals surface area contributed by atoms with E-state index in [-0.39, 0.29) is 12.2 Å². The van der Waals surface area contributed by atoms with Crippen molar-refractivity contribution in [3.8, 4) is 11.8 Å². The minimum atomic E-state index is -4.54. The molecule has 0 radical (unpaired) electrons. The van der Waals surface area contributed by atoms with Crippen molar-refractivity contribution in [3.05, 3.63) is 58.7 Å². The molecule has 0 aromatic heterocycles. The highest BCUT2D eigenvalue weighted by Gasteiger charge is 2.34. The standard InChI is InChI=1S/C24H27F3N2O2/c1-17-14-21(31-13-3-2-12-30)6-7-22(17)18-8-10-29(11-9-18)20-5-4-19(16-28)23(15-20)24(25,26)27/h4-7,14-15,18,30H,2-3,8-13H2,1H3. The van der Waals surface area contributed by atoms with E-state index in [1.165, 1.54) is 11.6 Å². The summed E-state index contributed by atoms with van der Waals surface area (Å²) in [7, 11) is 0. The highest BCUT2D eigenvalue weighted by molar-refractivity contribution is 5.55. The van der Waals surface area contributed by atoms with Gasteiger partial charge in [0.25, 0.3) is 0 Å². The third-order valence-corrected chi connectivity index (χ3v) is 5.79. The molecule has 0 saturated carbocycles. The molecule has 1 fully saturated rings. The minimum absolute atomic E-state index is 0.167. The van der Waals surface area contributed by atoms with Gasteiger partial charge in [-0.05, 0) is 80.0 Å². The van der Waals surface area contributed by atoms with Crippen LogP contribution in [0.1, 0.15) is 53.9 Å². The second-order valence-corrected chi connectivity index (χ2v) is 7.90. The van der Waals surface area contributed by atoms with Crippen molar-refractivity contribution in [1.82, 2.24) is 0 Å². The molecule has 1 aliphatic rings. The van der Waals surface area contributed by atoms with Crippen molar-refractivity contribution in [2.45, 2.75) is 44.7 Å². The zero-order valence-corrected chi connectivity index (χ0v) is 17.6. The number of aliphatic hydroxyl groups excluding tert-OH is 1. The summed E-state index contributed by atoms with van der Waals surface area (Å²) in [6, 6.07) is 11.6. The summed E-state index contributed by atoms with van der Waals surface area (Å²) in [5, 5.41) is 17.8. The Morgan fingerprint density at radius 3 is 2.48 bits per heavy atom. The van der Waals surface area contributed by atoms with Gasteiger partial charge in [0.15, 0.2) is 0 Å². The Labute approximate surface area is 180 Å². The van der Waals surface area contributed by atoms with Crippen LogP contribution in [0.25, 0.3) is 0 Å². The van der Waals surface area contributed by atoms with Crippen LogP contribution in [0.3, 0.4) is 0 Å². The van der Waals surface area contributed by atoms with Crippen molar-refractivity contribution < 1.29 is 23.0 Å². The molecule has 3 rings (SSSR count). The monoisotopic (exact) mass is 432 g/mol. The number of ether oxygens (including phenoxy) is 1. The number of aliphatic hydroxyl groups is 1. The second-order valence-electron chi connectivity index (χ2n) is 7.90. The van der Waals surface area contributed by atoms with Crippen molar-refractivity contribution >= 4 is 5.69 Å². The van der Waals surface area contributed by atoms with Crippen LogP contribution in [-0.2, 0) is 6.18 Å². The Bertz CT molecular complexity index is 929. The number of hydrogen-bond acceptors (Lipinski definition) is 4. The Morgan fingerprint density at radius 1 is 1.13 bits per heavy atom. The van der Waals surface area contributed by atoms with Gasteiger partial charge < -0.3 is 14.7 Å².